The maximum atomic E-state index is 12.3. The van der Waals surface area contributed by atoms with E-state index < -0.39 is 0 Å². The molecule has 1 saturated carbocycles. The maximum absolute atomic E-state index is 12.3. The molecule has 1 amide bonds. The van der Waals surface area contributed by atoms with Crippen LogP contribution >= 0.6 is 0 Å². The van der Waals surface area contributed by atoms with Gasteiger partial charge in [0.1, 0.15) is 0 Å². The van der Waals surface area contributed by atoms with E-state index in [0.29, 0.717) is 0 Å². The first-order valence-corrected chi connectivity index (χ1v) is 8.06. The Bertz CT molecular complexity index is 416. The van der Waals surface area contributed by atoms with Crippen molar-refractivity contribution in [2.45, 2.75) is 58.8 Å². The summed E-state index contributed by atoms with van der Waals surface area (Å²) in [6.45, 7) is 4.31. The zero-order valence-corrected chi connectivity index (χ0v) is 12.8. The number of amides is 1. The number of carbonyl (C=O) groups is 1. The first-order valence-electron chi connectivity index (χ1n) is 8.06. The molecule has 0 spiro atoms. The molecule has 2 nitrogen and oxygen atoms in total. The van der Waals surface area contributed by atoms with Gasteiger partial charge in [-0.15, -0.1) is 0 Å². The zero-order chi connectivity index (χ0) is 14.4. The average Bonchev–Trinajstić information content (AvgIpc) is 2.48. The van der Waals surface area contributed by atoms with Gasteiger partial charge in [0.05, 0.1) is 0 Å². The molecule has 1 fully saturated rings. The number of rotatable bonds is 5. The SMILES string of the molecule is CCCCC1CCC(C(=O)Nc2ccc(C)cc2)CC1. The number of hydrogen-bond donors (Lipinski definition) is 1. The molecule has 2 heteroatoms. The quantitative estimate of drug-likeness (QED) is 0.809. The van der Waals surface area contributed by atoms with Crippen LogP contribution in [-0.2, 0) is 4.79 Å². The minimum absolute atomic E-state index is 0.211. The summed E-state index contributed by atoms with van der Waals surface area (Å²) >= 11 is 0. The molecule has 1 aliphatic rings. The lowest BCUT2D eigenvalue weighted by atomic mass is 9.79. The van der Waals surface area contributed by atoms with E-state index in [1.807, 2.05) is 24.3 Å². The van der Waals surface area contributed by atoms with E-state index in [-0.39, 0.29) is 11.8 Å². The fourth-order valence-electron chi connectivity index (χ4n) is 3.09. The monoisotopic (exact) mass is 273 g/mol. The van der Waals surface area contributed by atoms with Crippen LogP contribution in [0.1, 0.15) is 57.4 Å². The van der Waals surface area contributed by atoms with Crippen LogP contribution < -0.4 is 5.32 Å². The summed E-state index contributed by atoms with van der Waals surface area (Å²) in [6.07, 6.45) is 8.55. The van der Waals surface area contributed by atoms with Gasteiger partial charge >= 0.3 is 0 Å². The molecule has 1 aliphatic carbocycles. The van der Waals surface area contributed by atoms with Crippen molar-refractivity contribution < 1.29 is 4.79 Å². The Labute approximate surface area is 123 Å². The van der Waals surface area contributed by atoms with E-state index in [0.717, 1.165) is 24.4 Å². The molecule has 1 aromatic carbocycles. The molecular weight excluding hydrogens is 246 g/mol. The third-order valence-corrected chi connectivity index (χ3v) is 4.50. The molecule has 0 heterocycles. The molecule has 110 valence electrons. The number of anilines is 1. The van der Waals surface area contributed by atoms with Gasteiger partial charge in [-0.05, 0) is 50.7 Å². The largest absolute Gasteiger partial charge is 0.326 e. The Morgan fingerprint density at radius 2 is 1.80 bits per heavy atom. The van der Waals surface area contributed by atoms with Crippen molar-refractivity contribution in [1.82, 2.24) is 0 Å². The lowest BCUT2D eigenvalue weighted by Gasteiger charge is -2.27. The van der Waals surface area contributed by atoms with Crippen LogP contribution in [0.5, 0.6) is 0 Å². The number of hydrogen-bond acceptors (Lipinski definition) is 1. The van der Waals surface area contributed by atoms with Gasteiger partial charge in [-0.2, -0.15) is 0 Å². The predicted molar refractivity (Wildman–Crippen MR) is 84.8 cm³/mol. The Kier molecular flexibility index (Phi) is 5.63. The molecular formula is C18H27NO. The minimum atomic E-state index is 0.211. The second kappa shape index (κ2) is 7.47. The van der Waals surface area contributed by atoms with E-state index in [2.05, 4.69) is 19.2 Å². The zero-order valence-electron chi connectivity index (χ0n) is 12.8. The Morgan fingerprint density at radius 3 is 2.40 bits per heavy atom. The maximum Gasteiger partial charge on any atom is 0.227 e. The standard InChI is InChI=1S/C18H27NO/c1-3-4-5-15-8-10-16(11-9-15)18(20)19-17-12-6-14(2)7-13-17/h6-7,12-13,15-16H,3-5,8-11H2,1-2H3,(H,19,20). The summed E-state index contributed by atoms with van der Waals surface area (Å²) in [5, 5.41) is 3.06. The van der Waals surface area contributed by atoms with Gasteiger partial charge in [0.2, 0.25) is 5.91 Å². The fraction of sp³-hybridized carbons (Fsp3) is 0.611. The topological polar surface area (TPSA) is 29.1 Å². The second-order valence-corrected chi connectivity index (χ2v) is 6.22. The molecule has 1 N–H and O–H groups in total. The van der Waals surface area contributed by atoms with E-state index in [1.165, 1.54) is 37.7 Å². The molecule has 0 saturated heterocycles. The third-order valence-electron chi connectivity index (χ3n) is 4.50. The molecule has 0 atom stereocenters. The Hall–Kier alpha value is -1.31. The van der Waals surface area contributed by atoms with Crippen LogP contribution in [0, 0.1) is 18.8 Å². The number of unbranched alkanes of at least 4 members (excludes halogenated alkanes) is 1. The van der Waals surface area contributed by atoms with E-state index in [9.17, 15) is 4.79 Å². The van der Waals surface area contributed by atoms with Crippen molar-refractivity contribution in [3.8, 4) is 0 Å². The average molecular weight is 273 g/mol. The molecule has 0 unspecified atom stereocenters. The number of carbonyl (C=O) groups excluding carboxylic acids is 1. The van der Waals surface area contributed by atoms with Crippen molar-refractivity contribution in [2.75, 3.05) is 5.32 Å². The van der Waals surface area contributed by atoms with Crippen LogP contribution in [0.15, 0.2) is 24.3 Å². The van der Waals surface area contributed by atoms with Crippen LogP contribution in [0.25, 0.3) is 0 Å². The summed E-state index contributed by atoms with van der Waals surface area (Å²) in [6, 6.07) is 8.05. The van der Waals surface area contributed by atoms with Gasteiger partial charge in [-0.1, -0.05) is 43.9 Å². The highest BCUT2D eigenvalue weighted by atomic mass is 16.1. The molecule has 0 bridgehead atoms. The summed E-state index contributed by atoms with van der Waals surface area (Å²) in [4.78, 5) is 12.3. The van der Waals surface area contributed by atoms with E-state index in [4.69, 9.17) is 0 Å². The van der Waals surface area contributed by atoms with Gasteiger partial charge in [0.25, 0.3) is 0 Å². The molecule has 0 radical (unpaired) electrons. The van der Waals surface area contributed by atoms with Gasteiger partial charge in [0.15, 0.2) is 0 Å². The highest BCUT2D eigenvalue weighted by molar-refractivity contribution is 5.92. The lowest BCUT2D eigenvalue weighted by Crippen LogP contribution is -2.27. The van der Waals surface area contributed by atoms with Crippen LogP contribution in [0.4, 0.5) is 5.69 Å². The van der Waals surface area contributed by atoms with E-state index >= 15 is 0 Å². The molecule has 2 rings (SSSR count). The molecule has 0 aromatic heterocycles. The summed E-state index contributed by atoms with van der Waals surface area (Å²) in [5.74, 6) is 1.29. The molecule has 20 heavy (non-hydrogen) atoms. The van der Waals surface area contributed by atoms with Gasteiger partial charge in [-0.25, -0.2) is 0 Å². The van der Waals surface area contributed by atoms with E-state index in [1.54, 1.807) is 0 Å². The van der Waals surface area contributed by atoms with Crippen molar-refractivity contribution in [2.24, 2.45) is 11.8 Å². The van der Waals surface area contributed by atoms with Gasteiger partial charge < -0.3 is 5.32 Å². The molecule has 0 aliphatic heterocycles. The fourth-order valence-corrected chi connectivity index (χ4v) is 3.09. The van der Waals surface area contributed by atoms with Crippen molar-refractivity contribution in [1.29, 1.82) is 0 Å². The van der Waals surface area contributed by atoms with Gasteiger partial charge in [-0.3, -0.25) is 4.79 Å². The minimum Gasteiger partial charge on any atom is -0.326 e. The second-order valence-electron chi connectivity index (χ2n) is 6.22. The number of aryl methyl sites for hydroxylation is 1. The summed E-state index contributed by atoms with van der Waals surface area (Å²) < 4.78 is 0. The lowest BCUT2D eigenvalue weighted by molar-refractivity contribution is -0.121. The normalized spacial score (nSPS) is 22.5. The van der Waals surface area contributed by atoms with Crippen LogP contribution in [0.3, 0.4) is 0 Å². The van der Waals surface area contributed by atoms with Crippen molar-refractivity contribution >= 4 is 11.6 Å². The van der Waals surface area contributed by atoms with Crippen LogP contribution in [-0.4, -0.2) is 5.91 Å². The third kappa shape index (κ3) is 4.36. The summed E-state index contributed by atoms with van der Waals surface area (Å²) in [7, 11) is 0. The number of benzene rings is 1. The Morgan fingerprint density at radius 1 is 1.15 bits per heavy atom. The van der Waals surface area contributed by atoms with Gasteiger partial charge in [0, 0.05) is 11.6 Å². The first-order chi connectivity index (χ1) is 9.69. The number of nitrogens with one attached hydrogen (secondary N) is 1. The first kappa shape index (κ1) is 15.1. The van der Waals surface area contributed by atoms with Crippen molar-refractivity contribution in [3.05, 3.63) is 29.8 Å². The Balaban J connectivity index is 1.78. The highest BCUT2D eigenvalue weighted by Crippen LogP contribution is 2.32. The van der Waals surface area contributed by atoms with Crippen molar-refractivity contribution in [3.63, 3.8) is 0 Å². The molecule has 1 aromatic rings. The smallest absolute Gasteiger partial charge is 0.227 e. The van der Waals surface area contributed by atoms with Crippen LogP contribution in [0.2, 0.25) is 0 Å². The summed E-state index contributed by atoms with van der Waals surface area (Å²) in [5.41, 5.74) is 2.15. The predicted octanol–water partition coefficient (Wildman–Crippen LogP) is 4.93. The highest BCUT2D eigenvalue weighted by Gasteiger charge is 2.25.